The van der Waals surface area contributed by atoms with Gasteiger partial charge < -0.3 is 25.6 Å². The summed E-state index contributed by atoms with van der Waals surface area (Å²) in [7, 11) is 0. The van der Waals surface area contributed by atoms with Crippen LogP contribution in [0.15, 0.2) is 73.2 Å². The number of carboxylic acid groups (broad SMARTS) is 1. The molecule has 0 bridgehead atoms. The molecule has 8 nitrogen and oxygen atoms in total. The highest BCUT2D eigenvalue weighted by molar-refractivity contribution is 5.79. The smallest absolute Gasteiger partial charge is 0.326 e. The molecule has 0 amide bonds. The van der Waals surface area contributed by atoms with Crippen LogP contribution in [0.4, 0.5) is 17.2 Å². The lowest BCUT2D eigenvalue weighted by Crippen LogP contribution is -2.36. The number of aromatic amines is 1. The summed E-state index contributed by atoms with van der Waals surface area (Å²) < 4.78 is 0. The predicted molar refractivity (Wildman–Crippen MR) is 156 cm³/mol. The quantitative estimate of drug-likeness (QED) is 0.216. The number of imidazole rings is 1. The summed E-state index contributed by atoms with van der Waals surface area (Å²) in [5.74, 6) is 1.49. The van der Waals surface area contributed by atoms with Crippen LogP contribution in [-0.2, 0) is 11.2 Å². The number of piperidine rings is 1. The van der Waals surface area contributed by atoms with Crippen molar-refractivity contribution < 1.29 is 9.90 Å². The number of pyridine rings is 1. The number of nitrogens with one attached hydrogen (secondary N) is 3. The number of aryl methyl sites for hydroxylation is 2. The summed E-state index contributed by atoms with van der Waals surface area (Å²) in [6.07, 6.45) is 7.99. The molecule has 0 aliphatic carbocycles. The van der Waals surface area contributed by atoms with Gasteiger partial charge in [-0.05, 0) is 85.7 Å². The molecule has 1 aliphatic rings. The largest absolute Gasteiger partial charge is 0.480 e. The molecule has 0 spiro atoms. The zero-order chi connectivity index (χ0) is 27.2. The third-order valence-corrected chi connectivity index (χ3v) is 7.51. The van der Waals surface area contributed by atoms with Crippen molar-refractivity contribution in [3.05, 3.63) is 89.9 Å². The van der Waals surface area contributed by atoms with Gasteiger partial charge in [-0.15, -0.1) is 0 Å². The Kier molecular flexibility index (Phi) is 8.10. The monoisotopic (exact) mass is 524 g/mol. The first-order valence-corrected chi connectivity index (χ1v) is 13.6. The lowest BCUT2D eigenvalue weighted by atomic mass is 9.96. The van der Waals surface area contributed by atoms with E-state index in [9.17, 15) is 9.90 Å². The van der Waals surface area contributed by atoms with Gasteiger partial charge in [0.15, 0.2) is 0 Å². The maximum atomic E-state index is 12.2. The minimum atomic E-state index is -0.866. The van der Waals surface area contributed by atoms with Crippen molar-refractivity contribution in [2.24, 2.45) is 5.92 Å². The zero-order valence-corrected chi connectivity index (χ0v) is 22.5. The highest BCUT2D eigenvalue weighted by atomic mass is 16.4. The number of H-pyrrole nitrogens is 1. The van der Waals surface area contributed by atoms with Gasteiger partial charge in [0.05, 0.1) is 0 Å². The van der Waals surface area contributed by atoms with Gasteiger partial charge in [0.1, 0.15) is 17.7 Å². The van der Waals surface area contributed by atoms with Crippen LogP contribution in [-0.4, -0.2) is 51.7 Å². The van der Waals surface area contributed by atoms with Crippen molar-refractivity contribution in [2.75, 3.05) is 35.2 Å². The molecule has 39 heavy (non-hydrogen) atoms. The van der Waals surface area contributed by atoms with Crippen LogP contribution < -0.4 is 15.5 Å². The van der Waals surface area contributed by atoms with E-state index in [0.29, 0.717) is 12.3 Å². The summed E-state index contributed by atoms with van der Waals surface area (Å²) in [4.78, 5) is 26.4. The van der Waals surface area contributed by atoms with E-state index < -0.39 is 12.0 Å². The Bertz CT molecular complexity index is 1340. The van der Waals surface area contributed by atoms with Crippen molar-refractivity contribution in [2.45, 2.75) is 39.2 Å². The molecule has 1 atom stereocenters. The van der Waals surface area contributed by atoms with Crippen LogP contribution in [0.5, 0.6) is 0 Å². The fourth-order valence-electron chi connectivity index (χ4n) is 5.32. The van der Waals surface area contributed by atoms with Crippen molar-refractivity contribution >= 4 is 23.2 Å². The van der Waals surface area contributed by atoms with Crippen molar-refractivity contribution in [1.29, 1.82) is 0 Å². The number of carboxylic acids is 1. The average Bonchev–Trinajstić information content (AvgIpc) is 3.50. The molecule has 4 aromatic rings. The second kappa shape index (κ2) is 12.0. The van der Waals surface area contributed by atoms with Crippen LogP contribution in [0.3, 0.4) is 0 Å². The summed E-state index contributed by atoms with van der Waals surface area (Å²) in [5, 5.41) is 16.7. The van der Waals surface area contributed by atoms with Crippen molar-refractivity contribution in [3.8, 4) is 11.4 Å². The van der Waals surface area contributed by atoms with Gasteiger partial charge in [-0.3, -0.25) is 0 Å². The molecule has 3 heterocycles. The summed E-state index contributed by atoms with van der Waals surface area (Å²) in [5.41, 5.74) is 6.00. The summed E-state index contributed by atoms with van der Waals surface area (Å²) in [6.45, 7) is 6.96. The lowest BCUT2D eigenvalue weighted by Gasteiger charge is -2.34. The molecule has 0 radical (unpaired) electrons. The molecule has 5 rings (SSSR count). The molecule has 1 fully saturated rings. The Morgan fingerprint density at radius 1 is 1.05 bits per heavy atom. The molecule has 2 aromatic carbocycles. The van der Waals surface area contributed by atoms with Gasteiger partial charge in [0.25, 0.3) is 0 Å². The van der Waals surface area contributed by atoms with E-state index in [0.717, 1.165) is 72.1 Å². The number of nitrogens with zero attached hydrogens (tertiary/aromatic N) is 3. The number of aromatic nitrogens is 3. The van der Waals surface area contributed by atoms with E-state index in [-0.39, 0.29) is 0 Å². The first-order valence-electron chi connectivity index (χ1n) is 13.6. The normalized spacial score (nSPS) is 14.7. The number of rotatable bonds is 10. The minimum absolute atomic E-state index is 0.399. The van der Waals surface area contributed by atoms with E-state index in [2.05, 4.69) is 54.8 Å². The van der Waals surface area contributed by atoms with Crippen LogP contribution >= 0.6 is 0 Å². The third-order valence-electron chi connectivity index (χ3n) is 7.51. The number of anilines is 3. The fourth-order valence-corrected chi connectivity index (χ4v) is 5.32. The highest BCUT2D eigenvalue weighted by Gasteiger charge is 2.22. The van der Waals surface area contributed by atoms with Gasteiger partial charge in [-0.1, -0.05) is 18.2 Å². The van der Waals surface area contributed by atoms with Crippen LogP contribution in [0.2, 0.25) is 0 Å². The molecule has 202 valence electrons. The Morgan fingerprint density at radius 3 is 2.41 bits per heavy atom. The topological polar surface area (TPSA) is 106 Å². The number of hydrogen-bond donors (Lipinski definition) is 4. The molecule has 2 aromatic heterocycles. The minimum Gasteiger partial charge on any atom is -0.480 e. The van der Waals surface area contributed by atoms with Crippen LogP contribution in [0, 0.1) is 19.8 Å². The highest BCUT2D eigenvalue weighted by Crippen LogP contribution is 2.28. The van der Waals surface area contributed by atoms with Crippen molar-refractivity contribution in [3.63, 3.8) is 0 Å². The van der Waals surface area contributed by atoms with E-state index in [1.165, 1.54) is 5.69 Å². The van der Waals surface area contributed by atoms with E-state index in [1.807, 2.05) is 50.4 Å². The first-order chi connectivity index (χ1) is 19.0. The molecular formula is C31H36N6O2. The van der Waals surface area contributed by atoms with Gasteiger partial charge in [-0.2, -0.15) is 0 Å². The standard InChI is InChI=1S/C31H36N6O2/c1-21-17-25(30-33-13-14-34-30)18-22(2)29(21)36-27(31(38)39)19-23-6-8-26(9-7-23)37-15-10-24(11-16-37)20-35-28-5-3-4-12-32-28/h3-9,12-14,17-18,24,27,36H,10-11,15-16,19-20H2,1-2H3,(H,32,35)(H,33,34)(H,38,39). The van der Waals surface area contributed by atoms with Crippen molar-refractivity contribution in [1.82, 2.24) is 15.0 Å². The summed E-state index contributed by atoms with van der Waals surface area (Å²) >= 11 is 0. The van der Waals surface area contributed by atoms with E-state index >= 15 is 0 Å². The molecule has 1 unspecified atom stereocenters. The molecule has 4 N–H and O–H groups in total. The Hall–Kier alpha value is -4.33. The number of benzene rings is 2. The number of carbonyl (C=O) groups is 1. The fraction of sp³-hybridized carbons (Fsp3) is 0.323. The van der Waals surface area contributed by atoms with Gasteiger partial charge in [-0.25, -0.2) is 14.8 Å². The molecule has 8 heteroatoms. The SMILES string of the molecule is Cc1cc(-c2ncc[nH]2)cc(C)c1NC(Cc1ccc(N2CCC(CNc3ccccn3)CC2)cc1)C(=O)O. The van der Waals surface area contributed by atoms with Gasteiger partial charge >= 0.3 is 5.97 Å². The first kappa shape index (κ1) is 26.3. The lowest BCUT2D eigenvalue weighted by molar-refractivity contribution is -0.137. The van der Waals surface area contributed by atoms with Gasteiger partial charge in [0.2, 0.25) is 0 Å². The molecule has 1 aliphatic heterocycles. The Labute approximate surface area is 229 Å². The van der Waals surface area contributed by atoms with Crippen LogP contribution in [0.25, 0.3) is 11.4 Å². The van der Waals surface area contributed by atoms with E-state index in [1.54, 1.807) is 12.4 Å². The Morgan fingerprint density at radius 2 is 1.79 bits per heavy atom. The zero-order valence-electron chi connectivity index (χ0n) is 22.5. The number of aliphatic carboxylic acids is 1. The van der Waals surface area contributed by atoms with Crippen LogP contribution in [0.1, 0.15) is 29.5 Å². The van der Waals surface area contributed by atoms with E-state index in [4.69, 9.17) is 0 Å². The maximum absolute atomic E-state index is 12.2. The maximum Gasteiger partial charge on any atom is 0.326 e. The number of hydrogen-bond acceptors (Lipinski definition) is 6. The Balaban J connectivity index is 1.17. The predicted octanol–water partition coefficient (Wildman–Crippen LogP) is 5.52. The second-order valence-corrected chi connectivity index (χ2v) is 10.4. The second-order valence-electron chi connectivity index (χ2n) is 10.4. The molecule has 0 saturated carbocycles. The third kappa shape index (κ3) is 6.57. The molecular weight excluding hydrogens is 488 g/mol. The van der Waals surface area contributed by atoms with Gasteiger partial charge in [0, 0.05) is 61.6 Å². The summed E-state index contributed by atoms with van der Waals surface area (Å²) in [6, 6.07) is 17.6. The average molecular weight is 525 g/mol. The molecule has 1 saturated heterocycles.